The molecule has 0 saturated carbocycles. The number of carboxylic acid groups (broad SMARTS) is 2. The molecule has 0 atom stereocenters. The van der Waals surface area contributed by atoms with Crippen molar-refractivity contribution in [1.29, 1.82) is 0 Å². The monoisotopic (exact) mass is 338 g/mol. The first-order chi connectivity index (χ1) is 12.0. The summed E-state index contributed by atoms with van der Waals surface area (Å²) in [5, 5.41) is 17.1. The zero-order valence-electron chi connectivity index (χ0n) is 14.0. The number of rotatable bonds is 7. The third-order valence-electron chi connectivity index (χ3n) is 3.56. The summed E-state index contributed by atoms with van der Waals surface area (Å²) in [7, 11) is 0. The normalized spacial score (nSPS) is 9.64. The third-order valence-corrected chi connectivity index (χ3v) is 3.56. The van der Waals surface area contributed by atoms with Crippen molar-refractivity contribution in [1.82, 2.24) is 0 Å². The molecule has 0 spiro atoms. The van der Waals surface area contributed by atoms with Crippen LogP contribution in [0.1, 0.15) is 45.0 Å². The Morgan fingerprint density at radius 1 is 0.800 bits per heavy atom. The number of hydrogen-bond acceptors (Lipinski definition) is 2. The topological polar surface area (TPSA) is 74.6 Å². The molecule has 2 aromatic rings. The number of carbonyl (C=O) groups is 2. The summed E-state index contributed by atoms with van der Waals surface area (Å²) in [6.07, 6.45) is 5.99. The van der Waals surface area contributed by atoms with Gasteiger partial charge < -0.3 is 10.2 Å². The Morgan fingerprint density at radius 2 is 1.20 bits per heavy atom. The van der Waals surface area contributed by atoms with Gasteiger partial charge in [0.1, 0.15) is 0 Å². The molecule has 2 N–H and O–H groups in total. The second kappa shape index (κ2) is 10.6. The molecule has 0 heterocycles. The summed E-state index contributed by atoms with van der Waals surface area (Å²) in [4.78, 5) is 20.9. The SMILES string of the molecule is C=CCC(CC=C)c1ccccc1.O=C(O)c1ccccc1C(=O)O. The largest absolute Gasteiger partial charge is 0.478 e. The van der Waals surface area contributed by atoms with E-state index in [1.54, 1.807) is 0 Å². The fraction of sp³-hybridized carbons (Fsp3) is 0.143. The smallest absolute Gasteiger partial charge is 0.336 e. The van der Waals surface area contributed by atoms with Crippen LogP contribution in [0.5, 0.6) is 0 Å². The summed E-state index contributed by atoms with van der Waals surface area (Å²) >= 11 is 0. The highest BCUT2D eigenvalue weighted by Gasteiger charge is 2.13. The van der Waals surface area contributed by atoms with Crippen LogP contribution in [0.15, 0.2) is 79.9 Å². The van der Waals surface area contributed by atoms with E-state index in [1.807, 2.05) is 18.2 Å². The van der Waals surface area contributed by atoms with Gasteiger partial charge >= 0.3 is 11.9 Å². The van der Waals surface area contributed by atoms with Crippen LogP contribution in [0.2, 0.25) is 0 Å². The van der Waals surface area contributed by atoms with Gasteiger partial charge in [-0.05, 0) is 36.5 Å². The summed E-state index contributed by atoms with van der Waals surface area (Å²) in [6.45, 7) is 7.55. The van der Waals surface area contributed by atoms with Crippen LogP contribution in [0.3, 0.4) is 0 Å². The van der Waals surface area contributed by atoms with Crippen LogP contribution >= 0.6 is 0 Å². The molecular formula is C21H22O4. The van der Waals surface area contributed by atoms with Gasteiger partial charge in [-0.15, -0.1) is 13.2 Å². The summed E-state index contributed by atoms with van der Waals surface area (Å²) < 4.78 is 0. The Hall–Kier alpha value is -3.14. The second-order valence-corrected chi connectivity index (χ2v) is 5.31. The molecule has 0 fully saturated rings. The maximum atomic E-state index is 10.5. The molecule has 0 amide bonds. The van der Waals surface area contributed by atoms with Crippen molar-refractivity contribution >= 4 is 11.9 Å². The van der Waals surface area contributed by atoms with Crippen LogP contribution < -0.4 is 0 Å². The van der Waals surface area contributed by atoms with Crippen molar-refractivity contribution in [2.24, 2.45) is 0 Å². The Bertz CT molecular complexity index is 677. The van der Waals surface area contributed by atoms with E-state index in [0.29, 0.717) is 5.92 Å². The lowest BCUT2D eigenvalue weighted by molar-refractivity contribution is 0.0651. The van der Waals surface area contributed by atoms with E-state index in [9.17, 15) is 9.59 Å². The van der Waals surface area contributed by atoms with Gasteiger partial charge in [0.2, 0.25) is 0 Å². The zero-order valence-corrected chi connectivity index (χ0v) is 14.0. The van der Waals surface area contributed by atoms with Crippen LogP contribution in [-0.2, 0) is 0 Å². The fourth-order valence-corrected chi connectivity index (χ4v) is 2.35. The Labute approximate surface area is 147 Å². The van der Waals surface area contributed by atoms with E-state index in [-0.39, 0.29) is 11.1 Å². The van der Waals surface area contributed by atoms with Crippen molar-refractivity contribution in [3.05, 3.63) is 96.6 Å². The molecule has 0 radical (unpaired) electrons. The highest BCUT2D eigenvalue weighted by Crippen LogP contribution is 2.23. The fourth-order valence-electron chi connectivity index (χ4n) is 2.35. The van der Waals surface area contributed by atoms with E-state index in [1.165, 1.54) is 29.8 Å². The van der Waals surface area contributed by atoms with Gasteiger partial charge in [-0.1, -0.05) is 54.6 Å². The molecule has 4 heteroatoms. The molecule has 0 aliphatic heterocycles. The van der Waals surface area contributed by atoms with Crippen molar-refractivity contribution in [2.45, 2.75) is 18.8 Å². The minimum absolute atomic E-state index is 0.190. The summed E-state index contributed by atoms with van der Waals surface area (Å²) in [6, 6.07) is 16.0. The van der Waals surface area contributed by atoms with E-state index >= 15 is 0 Å². The summed E-state index contributed by atoms with van der Waals surface area (Å²) in [5.74, 6) is -1.91. The molecule has 0 bridgehead atoms. The Balaban J connectivity index is 0.000000251. The molecule has 130 valence electrons. The molecule has 2 aromatic carbocycles. The predicted octanol–water partition coefficient (Wildman–Crippen LogP) is 5.01. The molecule has 0 saturated heterocycles. The van der Waals surface area contributed by atoms with E-state index in [0.717, 1.165) is 12.8 Å². The molecule has 2 rings (SSSR count). The van der Waals surface area contributed by atoms with Gasteiger partial charge in [-0.25, -0.2) is 9.59 Å². The lowest BCUT2D eigenvalue weighted by Gasteiger charge is -2.12. The maximum absolute atomic E-state index is 10.5. The quantitative estimate of drug-likeness (QED) is 0.696. The van der Waals surface area contributed by atoms with Gasteiger partial charge in [0.05, 0.1) is 11.1 Å². The average Bonchev–Trinajstić information content (AvgIpc) is 2.63. The molecule has 0 aliphatic rings. The Morgan fingerprint density at radius 3 is 1.56 bits per heavy atom. The van der Waals surface area contributed by atoms with Gasteiger partial charge in [0.25, 0.3) is 0 Å². The lowest BCUT2D eigenvalue weighted by Crippen LogP contribution is -2.06. The number of aromatic carboxylic acids is 2. The predicted molar refractivity (Wildman–Crippen MR) is 99.2 cm³/mol. The minimum atomic E-state index is -1.23. The van der Waals surface area contributed by atoms with Crippen LogP contribution in [0, 0.1) is 0 Å². The van der Waals surface area contributed by atoms with E-state index in [4.69, 9.17) is 10.2 Å². The third kappa shape index (κ3) is 6.47. The van der Waals surface area contributed by atoms with Crippen LogP contribution in [0.4, 0.5) is 0 Å². The number of hydrogen-bond donors (Lipinski definition) is 2. The second-order valence-electron chi connectivity index (χ2n) is 5.31. The highest BCUT2D eigenvalue weighted by atomic mass is 16.4. The summed E-state index contributed by atoms with van der Waals surface area (Å²) in [5.41, 5.74) is 0.998. The van der Waals surface area contributed by atoms with E-state index < -0.39 is 11.9 Å². The van der Waals surface area contributed by atoms with Gasteiger partial charge in [0.15, 0.2) is 0 Å². The van der Waals surface area contributed by atoms with Gasteiger partial charge in [-0.3, -0.25) is 0 Å². The van der Waals surface area contributed by atoms with Gasteiger partial charge in [-0.2, -0.15) is 0 Å². The first kappa shape index (κ1) is 19.9. The first-order valence-electron chi connectivity index (χ1n) is 7.83. The number of allylic oxidation sites excluding steroid dienone is 2. The minimum Gasteiger partial charge on any atom is -0.478 e. The number of benzene rings is 2. The van der Waals surface area contributed by atoms with Crippen LogP contribution in [-0.4, -0.2) is 22.2 Å². The highest BCUT2D eigenvalue weighted by molar-refractivity contribution is 6.01. The molecule has 0 unspecified atom stereocenters. The Kier molecular flexibility index (Phi) is 8.44. The first-order valence-corrected chi connectivity index (χ1v) is 7.83. The van der Waals surface area contributed by atoms with Crippen molar-refractivity contribution in [2.75, 3.05) is 0 Å². The molecule has 25 heavy (non-hydrogen) atoms. The van der Waals surface area contributed by atoms with Gasteiger partial charge in [0, 0.05) is 0 Å². The maximum Gasteiger partial charge on any atom is 0.336 e. The van der Waals surface area contributed by atoms with Crippen LogP contribution in [0.25, 0.3) is 0 Å². The molecular weight excluding hydrogens is 316 g/mol. The van der Waals surface area contributed by atoms with Crippen molar-refractivity contribution in [3.8, 4) is 0 Å². The van der Waals surface area contributed by atoms with Crippen molar-refractivity contribution in [3.63, 3.8) is 0 Å². The van der Waals surface area contributed by atoms with E-state index in [2.05, 4.69) is 37.4 Å². The zero-order chi connectivity index (χ0) is 18.7. The average molecular weight is 338 g/mol. The molecule has 4 nitrogen and oxygen atoms in total. The standard InChI is InChI=1S/C13H16.C8H6O4/c1-3-8-12(9-4-2)13-10-6-5-7-11-13;9-7(10)5-3-1-2-4-6(5)8(11)12/h3-7,10-12H,1-2,8-9H2;1-4H,(H,9,10)(H,11,12). The molecule has 0 aromatic heterocycles. The van der Waals surface area contributed by atoms with Crippen molar-refractivity contribution < 1.29 is 19.8 Å². The number of carboxylic acids is 2. The lowest BCUT2D eigenvalue weighted by atomic mass is 9.93. The molecule has 0 aliphatic carbocycles.